The minimum Gasteiger partial charge on any atom is -0.329 e. The van der Waals surface area contributed by atoms with Crippen molar-refractivity contribution in [3.8, 4) is 10.8 Å². The Morgan fingerprint density at radius 1 is 1.12 bits per heavy atom. The van der Waals surface area contributed by atoms with Crippen LogP contribution in [0.4, 0.5) is 0 Å². The number of hydrogen-bond acceptors (Lipinski definition) is 6. The van der Waals surface area contributed by atoms with E-state index in [0.29, 0.717) is 46.9 Å². The summed E-state index contributed by atoms with van der Waals surface area (Å²) in [6, 6.07) is 6.86. The summed E-state index contributed by atoms with van der Waals surface area (Å²) in [6.45, 7) is 1.54. The summed E-state index contributed by atoms with van der Waals surface area (Å²) in [7, 11) is 0. The second-order valence-corrected chi connectivity index (χ2v) is 6.72. The van der Waals surface area contributed by atoms with Crippen LogP contribution in [0.15, 0.2) is 24.3 Å². The molecule has 1 aliphatic rings. The molecule has 0 bridgehead atoms. The van der Waals surface area contributed by atoms with Crippen LogP contribution in [0, 0.1) is 0 Å². The van der Waals surface area contributed by atoms with E-state index in [9.17, 15) is 4.79 Å². The number of carbonyl (C=O) groups is 1. The second-order valence-electron chi connectivity index (χ2n) is 5.19. The number of carbonyl (C=O) groups excluding carboxylic acids is 1. The van der Waals surface area contributed by atoms with Crippen LogP contribution >= 0.6 is 34.7 Å². The van der Waals surface area contributed by atoms with E-state index in [2.05, 4.69) is 19.6 Å². The van der Waals surface area contributed by atoms with Gasteiger partial charge < -0.3 is 9.47 Å². The molecule has 0 atom stereocenters. The Bertz CT molecular complexity index is 906. The van der Waals surface area contributed by atoms with Crippen LogP contribution in [0.3, 0.4) is 0 Å². The van der Waals surface area contributed by atoms with Crippen LogP contribution in [0.25, 0.3) is 10.8 Å². The van der Waals surface area contributed by atoms with Gasteiger partial charge in [-0.2, -0.15) is 4.37 Å². The molecule has 0 spiro atoms. The zero-order chi connectivity index (χ0) is 16.7. The molecule has 0 aliphatic carbocycles. The van der Waals surface area contributed by atoms with Crippen molar-refractivity contribution in [2.45, 2.75) is 13.1 Å². The van der Waals surface area contributed by atoms with Crippen molar-refractivity contribution in [1.82, 2.24) is 29.0 Å². The standard InChI is InChI=1S/C14H10Cl2N6OS/c15-9-3-1-8(2-4-9)13(23)21-5-6-22-10(7-21)18-19-11(22)12-17-14(16)20-24-12/h1-4H,5-7H2. The molecule has 0 unspecified atom stereocenters. The normalized spacial score (nSPS) is 13.8. The minimum atomic E-state index is -0.0542. The summed E-state index contributed by atoms with van der Waals surface area (Å²) in [4.78, 5) is 18.5. The number of nitrogens with zero attached hydrogens (tertiary/aromatic N) is 6. The van der Waals surface area contributed by atoms with Crippen molar-refractivity contribution in [1.29, 1.82) is 0 Å². The Labute approximate surface area is 151 Å². The summed E-state index contributed by atoms with van der Waals surface area (Å²) in [5.74, 6) is 1.29. The summed E-state index contributed by atoms with van der Waals surface area (Å²) in [6.07, 6.45) is 0. The lowest BCUT2D eigenvalue weighted by Crippen LogP contribution is -2.38. The monoisotopic (exact) mass is 380 g/mol. The highest BCUT2D eigenvalue weighted by molar-refractivity contribution is 7.09. The summed E-state index contributed by atoms with van der Waals surface area (Å²) < 4.78 is 5.90. The van der Waals surface area contributed by atoms with Gasteiger partial charge in [0, 0.05) is 23.7 Å². The Balaban J connectivity index is 1.57. The quantitative estimate of drug-likeness (QED) is 0.682. The zero-order valence-electron chi connectivity index (χ0n) is 12.2. The first-order chi connectivity index (χ1) is 11.6. The molecular formula is C14H10Cl2N6OS. The van der Waals surface area contributed by atoms with Gasteiger partial charge in [0.25, 0.3) is 5.91 Å². The van der Waals surface area contributed by atoms with Gasteiger partial charge in [0.05, 0.1) is 6.54 Å². The molecule has 2 aromatic heterocycles. The highest BCUT2D eigenvalue weighted by Gasteiger charge is 2.26. The third kappa shape index (κ3) is 2.77. The van der Waals surface area contributed by atoms with Gasteiger partial charge in [-0.15, -0.1) is 10.2 Å². The number of halogens is 2. The fraction of sp³-hybridized carbons (Fsp3) is 0.214. The number of fused-ring (bicyclic) bond motifs is 1. The molecule has 0 radical (unpaired) electrons. The molecule has 0 fully saturated rings. The molecule has 0 saturated heterocycles. The third-order valence-electron chi connectivity index (χ3n) is 3.72. The lowest BCUT2D eigenvalue weighted by atomic mass is 10.2. The second kappa shape index (κ2) is 6.12. The van der Waals surface area contributed by atoms with Crippen LogP contribution < -0.4 is 0 Å². The van der Waals surface area contributed by atoms with Gasteiger partial charge in [0.1, 0.15) is 0 Å². The predicted molar refractivity (Wildman–Crippen MR) is 90.1 cm³/mol. The molecule has 3 aromatic rings. The van der Waals surface area contributed by atoms with Gasteiger partial charge in [0.15, 0.2) is 16.7 Å². The van der Waals surface area contributed by atoms with Crippen molar-refractivity contribution in [2.24, 2.45) is 0 Å². The van der Waals surface area contributed by atoms with E-state index in [-0.39, 0.29) is 11.2 Å². The maximum Gasteiger partial charge on any atom is 0.254 e. The maximum atomic E-state index is 12.6. The van der Waals surface area contributed by atoms with Gasteiger partial charge in [0.2, 0.25) is 5.28 Å². The molecule has 7 nitrogen and oxygen atoms in total. The topological polar surface area (TPSA) is 76.8 Å². The van der Waals surface area contributed by atoms with E-state index in [0.717, 1.165) is 0 Å². The molecule has 122 valence electrons. The summed E-state index contributed by atoms with van der Waals surface area (Å²) in [5, 5.41) is 9.76. The first-order valence-corrected chi connectivity index (χ1v) is 8.61. The van der Waals surface area contributed by atoms with Crippen molar-refractivity contribution in [3.05, 3.63) is 46.0 Å². The van der Waals surface area contributed by atoms with E-state index in [4.69, 9.17) is 23.2 Å². The van der Waals surface area contributed by atoms with E-state index < -0.39 is 0 Å². The van der Waals surface area contributed by atoms with Crippen molar-refractivity contribution >= 4 is 40.6 Å². The molecule has 1 aliphatic heterocycles. The smallest absolute Gasteiger partial charge is 0.254 e. The van der Waals surface area contributed by atoms with Crippen molar-refractivity contribution < 1.29 is 4.79 Å². The van der Waals surface area contributed by atoms with E-state index >= 15 is 0 Å². The van der Waals surface area contributed by atoms with Crippen LogP contribution in [-0.2, 0) is 13.1 Å². The molecule has 1 amide bonds. The van der Waals surface area contributed by atoms with Gasteiger partial charge >= 0.3 is 0 Å². The molecule has 10 heteroatoms. The molecule has 4 rings (SSSR count). The first-order valence-electron chi connectivity index (χ1n) is 7.08. The fourth-order valence-corrected chi connectivity index (χ4v) is 3.49. The predicted octanol–water partition coefficient (Wildman–Crippen LogP) is 2.76. The van der Waals surface area contributed by atoms with Gasteiger partial charge in [-0.3, -0.25) is 4.79 Å². The number of rotatable bonds is 2. The lowest BCUT2D eigenvalue weighted by Gasteiger charge is -2.27. The van der Waals surface area contributed by atoms with E-state index in [1.165, 1.54) is 11.5 Å². The molecule has 24 heavy (non-hydrogen) atoms. The average Bonchev–Trinajstić information content (AvgIpc) is 3.20. The summed E-state index contributed by atoms with van der Waals surface area (Å²) >= 11 is 12.8. The van der Waals surface area contributed by atoms with Gasteiger partial charge in [-0.05, 0) is 47.4 Å². The molecular weight excluding hydrogens is 371 g/mol. The number of aromatic nitrogens is 5. The van der Waals surface area contributed by atoms with Crippen LogP contribution in [-0.4, -0.2) is 41.5 Å². The largest absolute Gasteiger partial charge is 0.329 e. The minimum absolute atomic E-state index is 0.0542. The lowest BCUT2D eigenvalue weighted by molar-refractivity contribution is 0.0708. The van der Waals surface area contributed by atoms with Crippen LogP contribution in [0.2, 0.25) is 10.3 Å². The Morgan fingerprint density at radius 3 is 2.62 bits per heavy atom. The Kier molecular flexibility index (Phi) is 3.95. The number of benzene rings is 1. The van der Waals surface area contributed by atoms with Gasteiger partial charge in [-0.1, -0.05) is 11.6 Å². The van der Waals surface area contributed by atoms with Crippen molar-refractivity contribution in [2.75, 3.05) is 6.54 Å². The van der Waals surface area contributed by atoms with Crippen LogP contribution in [0.1, 0.15) is 16.2 Å². The zero-order valence-corrected chi connectivity index (χ0v) is 14.5. The van der Waals surface area contributed by atoms with Gasteiger partial charge in [-0.25, -0.2) is 4.98 Å². The Hall–Kier alpha value is -2.03. The summed E-state index contributed by atoms with van der Waals surface area (Å²) in [5.41, 5.74) is 0.600. The molecule has 3 heterocycles. The molecule has 0 N–H and O–H groups in total. The molecule has 1 aromatic carbocycles. The van der Waals surface area contributed by atoms with Crippen LogP contribution in [0.5, 0.6) is 0 Å². The highest BCUT2D eigenvalue weighted by Crippen LogP contribution is 2.25. The highest BCUT2D eigenvalue weighted by atomic mass is 35.5. The first kappa shape index (κ1) is 15.5. The van der Waals surface area contributed by atoms with E-state index in [1.807, 2.05) is 4.57 Å². The average molecular weight is 381 g/mol. The maximum absolute atomic E-state index is 12.6. The fourth-order valence-electron chi connectivity index (χ4n) is 2.56. The number of amides is 1. The Morgan fingerprint density at radius 2 is 1.92 bits per heavy atom. The third-order valence-corrected chi connectivity index (χ3v) is 4.96. The van der Waals surface area contributed by atoms with Crippen molar-refractivity contribution in [3.63, 3.8) is 0 Å². The SMILES string of the molecule is O=C(c1ccc(Cl)cc1)N1CCn2c(nnc2-c2nc(Cl)ns2)C1. The number of hydrogen-bond donors (Lipinski definition) is 0. The van der Waals surface area contributed by atoms with E-state index in [1.54, 1.807) is 29.2 Å². The molecule has 0 saturated carbocycles.